The standard InChI is InChI=1S/C13H17/c1-5-6-7-13-9-10(2)8-11(3)12(13)4/h6,8-9H,5H2,1-4H3. The third-order valence-electron chi connectivity index (χ3n) is 2.27. The molecule has 0 aliphatic carbocycles. The summed E-state index contributed by atoms with van der Waals surface area (Å²) in [5.41, 5.74) is 5.25. The lowest BCUT2D eigenvalue weighted by molar-refractivity contribution is 1.20. The number of hydrogen-bond donors (Lipinski definition) is 0. The fourth-order valence-electron chi connectivity index (χ4n) is 1.40. The Kier molecular flexibility index (Phi) is 3.30. The number of hydrogen-bond acceptors (Lipinski definition) is 0. The molecule has 0 spiro atoms. The molecule has 0 amide bonds. The average Bonchev–Trinajstić information content (AvgIpc) is 2.09. The summed E-state index contributed by atoms with van der Waals surface area (Å²) in [6.07, 6.45) is 6.45. The number of allylic oxidation sites excluding steroid dienone is 1. The Morgan fingerprint density at radius 1 is 1.23 bits per heavy atom. The predicted octanol–water partition coefficient (Wildman–Crippen LogP) is 3.73. The van der Waals surface area contributed by atoms with Crippen LogP contribution >= 0.6 is 0 Å². The highest BCUT2D eigenvalue weighted by Crippen LogP contribution is 2.15. The highest BCUT2D eigenvalue weighted by atomic mass is 14.0. The lowest BCUT2D eigenvalue weighted by Gasteiger charge is -2.05. The maximum absolute atomic E-state index is 3.32. The Balaban J connectivity index is 3.12. The molecule has 0 nitrogen and oxygen atoms in total. The average molecular weight is 173 g/mol. The molecule has 0 saturated heterocycles. The topological polar surface area (TPSA) is 0 Å². The van der Waals surface area contributed by atoms with Crippen LogP contribution in [0.3, 0.4) is 0 Å². The maximum atomic E-state index is 3.32. The first kappa shape index (κ1) is 10.0. The van der Waals surface area contributed by atoms with E-state index in [1.807, 2.05) is 0 Å². The molecule has 0 aromatic heterocycles. The highest BCUT2D eigenvalue weighted by molar-refractivity contribution is 5.40. The zero-order valence-electron chi connectivity index (χ0n) is 8.94. The molecule has 1 rings (SSSR count). The van der Waals surface area contributed by atoms with Crippen LogP contribution < -0.4 is 0 Å². The zero-order valence-corrected chi connectivity index (χ0v) is 8.94. The minimum absolute atomic E-state index is 1.05. The van der Waals surface area contributed by atoms with Gasteiger partial charge >= 0.3 is 0 Å². The lowest BCUT2D eigenvalue weighted by Crippen LogP contribution is -1.88. The van der Waals surface area contributed by atoms with Gasteiger partial charge in [0.25, 0.3) is 0 Å². The normalized spacial score (nSPS) is 11.1. The van der Waals surface area contributed by atoms with Gasteiger partial charge in [-0.05, 0) is 50.0 Å². The van der Waals surface area contributed by atoms with Crippen molar-refractivity contribution in [1.29, 1.82) is 0 Å². The van der Waals surface area contributed by atoms with Crippen LogP contribution in [0.5, 0.6) is 0 Å². The highest BCUT2D eigenvalue weighted by Gasteiger charge is 1.98. The second kappa shape index (κ2) is 4.27. The van der Waals surface area contributed by atoms with Gasteiger partial charge in [0.05, 0.1) is 0 Å². The van der Waals surface area contributed by atoms with Gasteiger partial charge in [-0.15, -0.1) is 0 Å². The van der Waals surface area contributed by atoms with Crippen LogP contribution in [0.1, 0.15) is 35.6 Å². The van der Waals surface area contributed by atoms with Gasteiger partial charge < -0.3 is 0 Å². The number of rotatable bonds is 2. The summed E-state index contributed by atoms with van der Waals surface area (Å²) < 4.78 is 0. The first-order valence-electron chi connectivity index (χ1n) is 4.81. The number of benzene rings is 1. The van der Waals surface area contributed by atoms with Crippen molar-refractivity contribution in [3.8, 4) is 0 Å². The van der Waals surface area contributed by atoms with Crippen molar-refractivity contribution < 1.29 is 0 Å². The largest absolute Gasteiger partial charge is 0.0763 e. The van der Waals surface area contributed by atoms with Crippen LogP contribution in [-0.2, 0) is 0 Å². The van der Waals surface area contributed by atoms with Gasteiger partial charge in [-0.3, -0.25) is 0 Å². The fourth-order valence-corrected chi connectivity index (χ4v) is 1.40. The minimum Gasteiger partial charge on any atom is -0.0763 e. The lowest BCUT2D eigenvalue weighted by atomic mass is 10.00. The molecule has 69 valence electrons. The molecule has 0 N–H and O–H groups in total. The predicted molar refractivity (Wildman–Crippen MR) is 57.9 cm³/mol. The summed E-state index contributed by atoms with van der Waals surface area (Å²) >= 11 is 0. The second-order valence-electron chi connectivity index (χ2n) is 3.51. The van der Waals surface area contributed by atoms with Crippen molar-refractivity contribution >= 4 is 0 Å². The Labute approximate surface area is 81.3 Å². The summed E-state index contributed by atoms with van der Waals surface area (Å²) in [7, 11) is 0. The summed E-state index contributed by atoms with van der Waals surface area (Å²) in [5.74, 6) is 0. The van der Waals surface area contributed by atoms with Crippen LogP contribution in [0, 0.1) is 26.8 Å². The molecule has 1 radical (unpaired) electrons. The van der Waals surface area contributed by atoms with Crippen molar-refractivity contribution in [2.24, 2.45) is 0 Å². The van der Waals surface area contributed by atoms with Gasteiger partial charge in [0.2, 0.25) is 0 Å². The van der Waals surface area contributed by atoms with Gasteiger partial charge in [0.1, 0.15) is 0 Å². The number of aryl methyl sites for hydroxylation is 2. The molecule has 0 saturated carbocycles. The Hall–Kier alpha value is -1.04. The monoisotopic (exact) mass is 173 g/mol. The molecule has 0 atom stereocenters. The van der Waals surface area contributed by atoms with Gasteiger partial charge in [-0.1, -0.05) is 30.7 Å². The Morgan fingerprint density at radius 3 is 2.54 bits per heavy atom. The summed E-state index contributed by atoms with van der Waals surface area (Å²) in [4.78, 5) is 0. The van der Waals surface area contributed by atoms with E-state index in [0.29, 0.717) is 0 Å². The first-order chi connectivity index (χ1) is 6.15. The molecule has 1 aromatic rings. The summed E-state index contributed by atoms with van der Waals surface area (Å²) in [6, 6.07) is 4.40. The Bertz CT molecular complexity index is 319. The van der Waals surface area contributed by atoms with Crippen molar-refractivity contribution in [2.75, 3.05) is 0 Å². The van der Waals surface area contributed by atoms with E-state index in [0.717, 1.165) is 6.42 Å². The van der Waals surface area contributed by atoms with E-state index in [2.05, 4.69) is 52.0 Å². The van der Waals surface area contributed by atoms with Crippen molar-refractivity contribution in [1.82, 2.24) is 0 Å². The van der Waals surface area contributed by atoms with E-state index in [1.165, 1.54) is 22.3 Å². The van der Waals surface area contributed by atoms with E-state index < -0.39 is 0 Å². The summed E-state index contributed by atoms with van der Waals surface area (Å²) in [6.45, 7) is 8.56. The maximum Gasteiger partial charge on any atom is -0.0146 e. The molecule has 0 aliphatic heterocycles. The van der Waals surface area contributed by atoms with Gasteiger partial charge in [-0.2, -0.15) is 0 Å². The smallest absolute Gasteiger partial charge is 0.0146 e. The molecule has 0 heteroatoms. The van der Waals surface area contributed by atoms with Gasteiger partial charge in [-0.25, -0.2) is 0 Å². The summed E-state index contributed by atoms with van der Waals surface area (Å²) in [5, 5.41) is 0. The third-order valence-corrected chi connectivity index (χ3v) is 2.27. The third kappa shape index (κ3) is 2.45. The van der Waals surface area contributed by atoms with Crippen LogP contribution in [-0.4, -0.2) is 0 Å². The fraction of sp³-hybridized carbons (Fsp3) is 0.385. The molecular weight excluding hydrogens is 156 g/mol. The molecule has 1 aromatic carbocycles. The van der Waals surface area contributed by atoms with Crippen LogP contribution in [0.15, 0.2) is 18.2 Å². The molecule has 0 heterocycles. The SMILES string of the molecule is CC/C=[C]\c1cc(C)cc(C)c1C. The zero-order chi connectivity index (χ0) is 9.84. The van der Waals surface area contributed by atoms with E-state index in [1.54, 1.807) is 0 Å². The van der Waals surface area contributed by atoms with Crippen LogP contribution in [0.4, 0.5) is 0 Å². The Morgan fingerprint density at radius 2 is 1.92 bits per heavy atom. The van der Waals surface area contributed by atoms with E-state index in [4.69, 9.17) is 0 Å². The first-order valence-corrected chi connectivity index (χ1v) is 4.81. The van der Waals surface area contributed by atoms with Gasteiger partial charge in [0, 0.05) is 0 Å². The van der Waals surface area contributed by atoms with Crippen LogP contribution in [0.25, 0.3) is 0 Å². The van der Waals surface area contributed by atoms with Gasteiger partial charge in [0.15, 0.2) is 0 Å². The molecule has 13 heavy (non-hydrogen) atoms. The van der Waals surface area contributed by atoms with Crippen LogP contribution in [0.2, 0.25) is 0 Å². The molecule has 0 unspecified atom stereocenters. The second-order valence-corrected chi connectivity index (χ2v) is 3.51. The quantitative estimate of drug-likeness (QED) is 0.639. The molecule has 0 fully saturated rings. The van der Waals surface area contributed by atoms with Crippen molar-refractivity contribution in [3.63, 3.8) is 0 Å². The van der Waals surface area contributed by atoms with E-state index in [9.17, 15) is 0 Å². The minimum atomic E-state index is 1.05. The molecule has 0 bridgehead atoms. The molecular formula is C13H17. The van der Waals surface area contributed by atoms with E-state index in [-0.39, 0.29) is 0 Å². The van der Waals surface area contributed by atoms with E-state index >= 15 is 0 Å². The van der Waals surface area contributed by atoms with Crippen molar-refractivity contribution in [2.45, 2.75) is 34.1 Å². The van der Waals surface area contributed by atoms with Crippen molar-refractivity contribution in [3.05, 3.63) is 46.5 Å². The molecule has 0 aliphatic rings.